The number of Topliss-reactive ketones (excluding diaryl/α,β-unsaturated/α-hetero) is 1. The molecule has 0 unspecified atom stereocenters. The quantitative estimate of drug-likeness (QED) is 0.253. The zero-order valence-electron chi connectivity index (χ0n) is 22.3. The molecule has 2 aromatic carbocycles. The Morgan fingerprint density at radius 2 is 1.93 bits per heavy atom. The number of ketones is 1. The number of rotatable bonds is 5. The first-order chi connectivity index (χ1) is 19.9. The van der Waals surface area contributed by atoms with E-state index in [0.717, 1.165) is 27.8 Å². The minimum Gasteiger partial charge on any atom is -0.494 e. The van der Waals surface area contributed by atoms with E-state index in [-0.39, 0.29) is 17.9 Å². The summed E-state index contributed by atoms with van der Waals surface area (Å²) in [5.41, 5.74) is 4.31. The first-order valence-corrected chi connectivity index (χ1v) is 13.1. The highest BCUT2D eigenvalue weighted by molar-refractivity contribution is 6.45. The first-order valence-electron chi connectivity index (χ1n) is 13.1. The van der Waals surface area contributed by atoms with E-state index in [1.165, 1.54) is 47.5 Å². The Hall–Kier alpha value is -5.32. The summed E-state index contributed by atoms with van der Waals surface area (Å²) in [5, 5.41) is 5.48. The van der Waals surface area contributed by atoms with Crippen LogP contribution >= 0.6 is 0 Å². The number of nitrogens with zero attached hydrogens (tertiary/aromatic N) is 6. The molecule has 1 N–H and O–H groups in total. The minimum atomic E-state index is -0.678. The maximum Gasteiger partial charge on any atom is 0.295 e. The Bertz CT molecular complexity index is 1990. The molecule has 0 radical (unpaired) electrons. The Morgan fingerprint density at radius 3 is 2.68 bits per heavy atom. The lowest BCUT2D eigenvalue weighted by atomic mass is 10.0. The van der Waals surface area contributed by atoms with Crippen LogP contribution < -0.4 is 4.74 Å². The van der Waals surface area contributed by atoms with Crippen LogP contribution in [0.1, 0.15) is 27.4 Å². The number of nitrogens with one attached hydrogen (secondary N) is 1. The van der Waals surface area contributed by atoms with Crippen LogP contribution in [0.2, 0.25) is 0 Å². The number of carbonyl (C=O) groups is 2. The lowest BCUT2D eigenvalue weighted by Gasteiger charge is -2.28. The predicted molar refractivity (Wildman–Crippen MR) is 149 cm³/mol. The number of H-pyrrole nitrogens is 1. The number of aromatic nitrogens is 6. The van der Waals surface area contributed by atoms with Crippen molar-refractivity contribution < 1.29 is 18.7 Å². The second-order valence-electron chi connectivity index (χ2n) is 9.90. The average Bonchev–Trinajstić information content (AvgIpc) is 3.72. The molecule has 6 aromatic rings. The summed E-state index contributed by atoms with van der Waals surface area (Å²) in [5.74, 6) is -0.352. The standard InChI is InChI=1S/C30H24FN7O3/c1-17-34-16-37(35-17)29-27-26(25(41-2)14-33-29)21(13-32-27)28(39)30(40)36-11-10-24-22(15-36)20-12-18(31)8-9-23(20)38(24)19-6-4-3-5-7-19/h3-9,12-14,16,32H,10-11,15H2,1-2H3. The molecular formula is C30H24FN7O3. The highest BCUT2D eigenvalue weighted by Gasteiger charge is 2.32. The summed E-state index contributed by atoms with van der Waals surface area (Å²) in [6.07, 6.45) is 5.02. The summed E-state index contributed by atoms with van der Waals surface area (Å²) in [6, 6.07) is 14.5. The molecule has 0 fully saturated rings. The third kappa shape index (κ3) is 3.88. The fourth-order valence-corrected chi connectivity index (χ4v) is 5.69. The van der Waals surface area contributed by atoms with E-state index in [0.29, 0.717) is 41.3 Å². The Balaban J connectivity index is 1.27. The molecule has 4 aromatic heterocycles. The second-order valence-corrected chi connectivity index (χ2v) is 9.90. The summed E-state index contributed by atoms with van der Waals surface area (Å²) < 4.78 is 23.5. The molecule has 5 heterocycles. The molecule has 0 aliphatic carbocycles. The molecule has 41 heavy (non-hydrogen) atoms. The molecule has 0 saturated heterocycles. The summed E-state index contributed by atoms with van der Waals surface area (Å²) in [4.78, 5) is 40.6. The summed E-state index contributed by atoms with van der Waals surface area (Å²) >= 11 is 0. The van der Waals surface area contributed by atoms with Gasteiger partial charge in [0.2, 0.25) is 0 Å². The number of aromatic amines is 1. The summed E-state index contributed by atoms with van der Waals surface area (Å²) in [7, 11) is 1.48. The van der Waals surface area contributed by atoms with Crippen LogP contribution in [0.3, 0.4) is 0 Å². The number of hydrogen-bond donors (Lipinski definition) is 1. The van der Waals surface area contributed by atoms with Gasteiger partial charge in [-0.3, -0.25) is 9.59 Å². The molecule has 1 aliphatic heterocycles. The number of methoxy groups -OCH3 is 1. The van der Waals surface area contributed by atoms with Gasteiger partial charge in [-0.05, 0) is 37.3 Å². The molecule has 11 heteroatoms. The number of aryl methyl sites for hydroxylation is 1. The molecule has 1 amide bonds. The fourth-order valence-electron chi connectivity index (χ4n) is 5.69. The van der Waals surface area contributed by atoms with Crippen molar-refractivity contribution in [1.29, 1.82) is 0 Å². The normalized spacial score (nSPS) is 13.1. The molecule has 0 saturated carbocycles. The van der Waals surface area contributed by atoms with Crippen LogP contribution in [-0.4, -0.2) is 59.5 Å². The minimum absolute atomic E-state index is 0.172. The topological polar surface area (TPSA) is 111 Å². The fraction of sp³-hybridized carbons (Fsp3) is 0.167. The van der Waals surface area contributed by atoms with Gasteiger partial charge in [0.05, 0.1) is 35.3 Å². The number of para-hydroxylation sites is 1. The van der Waals surface area contributed by atoms with Crippen LogP contribution in [0.25, 0.3) is 33.3 Å². The van der Waals surface area contributed by atoms with Crippen molar-refractivity contribution >= 4 is 33.5 Å². The van der Waals surface area contributed by atoms with E-state index in [9.17, 15) is 14.0 Å². The molecule has 1 aliphatic rings. The molecule has 0 spiro atoms. The van der Waals surface area contributed by atoms with Crippen molar-refractivity contribution in [2.45, 2.75) is 19.9 Å². The van der Waals surface area contributed by atoms with Crippen LogP contribution in [0.5, 0.6) is 5.75 Å². The number of benzene rings is 2. The monoisotopic (exact) mass is 549 g/mol. The van der Waals surface area contributed by atoms with Crippen molar-refractivity contribution in [2.75, 3.05) is 13.7 Å². The molecule has 0 atom stereocenters. The van der Waals surface area contributed by atoms with Crippen molar-refractivity contribution in [3.8, 4) is 17.3 Å². The molecular weight excluding hydrogens is 525 g/mol. The van der Waals surface area contributed by atoms with Gasteiger partial charge in [-0.15, -0.1) is 0 Å². The predicted octanol–water partition coefficient (Wildman–Crippen LogP) is 4.31. The van der Waals surface area contributed by atoms with Crippen LogP contribution in [0.15, 0.2) is 67.3 Å². The van der Waals surface area contributed by atoms with E-state index in [2.05, 4.69) is 24.6 Å². The maximum atomic E-state index is 14.4. The zero-order valence-corrected chi connectivity index (χ0v) is 22.3. The smallest absolute Gasteiger partial charge is 0.295 e. The third-order valence-electron chi connectivity index (χ3n) is 7.55. The van der Waals surface area contributed by atoms with Gasteiger partial charge in [0, 0.05) is 48.0 Å². The Morgan fingerprint density at radius 1 is 1.10 bits per heavy atom. The largest absolute Gasteiger partial charge is 0.494 e. The molecule has 204 valence electrons. The Kier molecular flexibility index (Phi) is 5.67. The van der Waals surface area contributed by atoms with Crippen molar-refractivity contribution in [1.82, 2.24) is 34.2 Å². The van der Waals surface area contributed by atoms with Crippen molar-refractivity contribution in [3.05, 3.63) is 95.7 Å². The molecule has 0 bridgehead atoms. The van der Waals surface area contributed by atoms with Gasteiger partial charge in [0.1, 0.15) is 23.7 Å². The van der Waals surface area contributed by atoms with Crippen LogP contribution in [0.4, 0.5) is 4.39 Å². The maximum absolute atomic E-state index is 14.4. The van der Waals surface area contributed by atoms with Gasteiger partial charge in [-0.25, -0.2) is 19.0 Å². The lowest BCUT2D eigenvalue weighted by molar-refractivity contribution is -0.127. The van der Waals surface area contributed by atoms with Gasteiger partial charge < -0.3 is 19.2 Å². The number of hydrogen-bond acceptors (Lipinski definition) is 6. The van der Waals surface area contributed by atoms with Crippen LogP contribution in [0, 0.1) is 12.7 Å². The van der Waals surface area contributed by atoms with Crippen molar-refractivity contribution in [3.63, 3.8) is 0 Å². The first kappa shape index (κ1) is 24.7. The number of pyridine rings is 1. The zero-order chi connectivity index (χ0) is 28.2. The summed E-state index contributed by atoms with van der Waals surface area (Å²) in [6.45, 7) is 2.28. The SMILES string of the molecule is COc1cnc(-n2cnc(C)n2)c2[nH]cc(C(=O)C(=O)N3CCc4c(c5cc(F)ccc5n4-c4ccccc4)C3)c12. The highest BCUT2D eigenvalue weighted by Crippen LogP contribution is 2.35. The van der Waals surface area contributed by atoms with Crippen LogP contribution in [-0.2, 0) is 17.8 Å². The van der Waals surface area contributed by atoms with Gasteiger partial charge in [0.15, 0.2) is 5.82 Å². The van der Waals surface area contributed by atoms with E-state index in [1.54, 1.807) is 13.0 Å². The van der Waals surface area contributed by atoms with E-state index in [4.69, 9.17) is 4.74 Å². The van der Waals surface area contributed by atoms with Gasteiger partial charge >= 0.3 is 0 Å². The number of halogens is 1. The number of amides is 1. The third-order valence-corrected chi connectivity index (χ3v) is 7.55. The Labute approximate surface area is 233 Å². The number of ether oxygens (including phenoxy) is 1. The van der Waals surface area contributed by atoms with Gasteiger partial charge in [-0.1, -0.05) is 18.2 Å². The number of fused-ring (bicyclic) bond motifs is 4. The van der Waals surface area contributed by atoms with E-state index in [1.807, 2.05) is 30.3 Å². The number of carbonyl (C=O) groups excluding carboxylic acids is 2. The average molecular weight is 550 g/mol. The van der Waals surface area contributed by atoms with E-state index < -0.39 is 11.7 Å². The van der Waals surface area contributed by atoms with Gasteiger partial charge in [-0.2, -0.15) is 5.10 Å². The molecule has 10 nitrogen and oxygen atoms in total. The van der Waals surface area contributed by atoms with E-state index >= 15 is 0 Å². The van der Waals surface area contributed by atoms with Crippen molar-refractivity contribution in [2.24, 2.45) is 0 Å². The molecule has 7 rings (SSSR count). The lowest BCUT2D eigenvalue weighted by Crippen LogP contribution is -2.40. The van der Waals surface area contributed by atoms with Gasteiger partial charge in [0.25, 0.3) is 11.7 Å². The second kappa shape index (κ2) is 9.40. The highest BCUT2D eigenvalue weighted by atomic mass is 19.1.